The Morgan fingerprint density at radius 3 is 2.55 bits per heavy atom. The van der Waals surface area contributed by atoms with Gasteiger partial charge in [0.15, 0.2) is 6.61 Å². The van der Waals surface area contributed by atoms with E-state index in [9.17, 15) is 9.59 Å². The highest BCUT2D eigenvalue weighted by Crippen LogP contribution is 2.20. The van der Waals surface area contributed by atoms with Crippen LogP contribution in [0.15, 0.2) is 24.3 Å². The van der Waals surface area contributed by atoms with E-state index in [0.29, 0.717) is 24.8 Å². The molecule has 0 saturated heterocycles. The fraction of sp³-hybridized carbons (Fsp3) is 0.529. The van der Waals surface area contributed by atoms with Crippen LogP contribution in [0.4, 0.5) is 0 Å². The molecule has 0 atom stereocenters. The number of esters is 1. The molecule has 0 bridgehead atoms. The Kier molecular flexibility index (Phi) is 7.43. The summed E-state index contributed by atoms with van der Waals surface area (Å²) in [5.74, 6) is 0.423. The van der Waals surface area contributed by atoms with Crippen LogP contribution >= 0.6 is 0 Å². The standard InChI is InChI=1S/C17H25NO4/c1-5-18(11-17(20)21-6-2)16(19)12-22-15-9-7-8-14(10-15)13(3)4/h7-10,13H,5-6,11-12H2,1-4H3. The Hall–Kier alpha value is -2.04. The molecule has 0 aliphatic carbocycles. The second-order valence-corrected chi connectivity index (χ2v) is 5.23. The molecule has 122 valence electrons. The van der Waals surface area contributed by atoms with Crippen LogP contribution in [-0.2, 0) is 14.3 Å². The lowest BCUT2D eigenvalue weighted by Gasteiger charge is -2.20. The number of ether oxygens (including phenoxy) is 2. The van der Waals surface area contributed by atoms with E-state index >= 15 is 0 Å². The first kappa shape index (κ1) is 18.0. The Morgan fingerprint density at radius 1 is 1.23 bits per heavy atom. The van der Waals surface area contributed by atoms with Gasteiger partial charge in [0.25, 0.3) is 5.91 Å². The molecule has 5 nitrogen and oxygen atoms in total. The topological polar surface area (TPSA) is 55.8 Å². The third-order valence-corrected chi connectivity index (χ3v) is 3.25. The first-order chi connectivity index (χ1) is 10.5. The summed E-state index contributed by atoms with van der Waals surface area (Å²) < 4.78 is 10.4. The van der Waals surface area contributed by atoms with Gasteiger partial charge in [-0.05, 0) is 37.5 Å². The number of likely N-dealkylation sites (N-methyl/N-ethyl adjacent to an activating group) is 1. The zero-order chi connectivity index (χ0) is 16.5. The highest BCUT2D eigenvalue weighted by atomic mass is 16.5. The minimum atomic E-state index is -0.403. The largest absolute Gasteiger partial charge is 0.484 e. The molecule has 0 aliphatic heterocycles. The Labute approximate surface area is 132 Å². The van der Waals surface area contributed by atoms with Gasteiger partial charge < -0.3 is 14.4 Å². The molecular formula is C17H25NO4. The van der Waals surface area contributed by atoms with Gasteiger partial charge in [0, 0.05) is 6.54 Å². The van der Waals surface area contributed by atoms with Crippen molar-refractivity contribution in [2.24, 2.45) is 0 Å². The first-order valence-corrected chi connectivity index (χ1v) is 7.64. The third kappa shape index (κ3) is 5.76. The van der Waals surface area contributed by atoms with Gasteiger partial charge in [-0.2, -0.15) is 0 Å². The van der Waals surface area contributed by atoms with Gasteiger partial charge in [-0.15, -0.1) is 0 Å². The van der Waals surface area contributed by atoms with Crippen LogP contribution in [0.2, 0.25) is 0 Å². The Bertz CT molecular complexity index is 499. The number of carbonyl (C=O) groups is 2. The summed E-state index contributed by atoms with van der Waals surface area (Å²) in [5.41, 5.74) is 1.16. The number of nitrogens with zero attached hydrogens (tertiary/aromatic N) is 1. The highest BCUT2D eigenvalue weighted by molar-refractivity contribution is 5.83. The molecule has 0 saturated carbocycles. The Morgan fingerprint density at radius 2 is 1.95 bits per heavy atom. The van der Waals surface area contributed by atoms with E-state index in [1.54, 1.807) is 6.92 Å². The molecule has 1 aromatic carbocycles. The molecule has 1 aromatic rings. The van der Waals surface area contributed by atoms with E-state index in [-0.39, 0.29) is 19.1 Å². The average Bonchev–Trinajstić information content (AvgIpc) is 2.50. The van der Waals surface area contributed by atoms with Crippen molar-refractivity contribution in [2.75, 3.05) is 26.3 Å². The molecule has 0 heterocycles. The fourth-order valence-corrected chi connectivity index (χ4v) is 1.94. The van der Waals surface area contributed by atoms with Crippen molar-refractivity contribution >= 4 is 11.9 Å². The molecule has 0 N–H and O–H groups in total. The van der Waals surface area contributed by atoms with Crippen molar-refractivity contribution in [1.82, 2.24) is 4.90 Å². The summed E-state index contributed by atoms with van der Waals surface area (Å²) in [6, 6.07) is 7.68. The van der Waals surface area contributed by atoms with Crippen molar-refractivity contribution in [3.8, 4) is 5.75 Å². The summed E-state index contributed by atoms with van der Waals surface area (Å²) in [6.07, 6.45) is 0. The van der Waals surface area contributed by atoms with E-state index in [1.165, 1.54) is 4.90 Å². The van der Waals surface area contributed by atoms with Gasteiger partial charge in [0.1, 0.15) is 12.3 Å². The molecule has 1 amide bonds. The van der Waals surface area contributed by atoms with E-state index in [0.717, 1.165) is 5.56 Å². The first-order valence-electron chi connectivity index (χ1n) is 7.64. The minimum Gasteiger partial charge on any atom is -0.484 e. The second kappa shape index (κ2) is 9.07. The second-order valence-electron chi connectivity index (χ2n) is 5.23. The molecule has 0 fully saturated rings. The molecule has 0 spiro atoms. The van der Waals surface area contributed by atoms with Gasteiger partial charge in [-0.25, -0.2) is 0 Å². The lowest BCUT2D eigenvalue weighted by Crippen LogP contribution is -2.39. The van der Waals surface area contributed by atoms with Crippen LogP contribution in [0.5, 0.6) is 5.75 Å². The molecule has 1 rings (SSSR count). The zero-order valence-corrected chi connectivity index (χ0v) is 13.8. The molecule has 22 heavy (non-hydrogen) atoms. The Balaban J connectivity index is 2.56. The predicted molar refractivity (Wildman–Crippen MR) is 84.9 cm³/mol. The van der Waals surface area contributed by atoms with Crippen molar-refractivity contribution in [3.63, 3.8) is 0 Å². The molecular weight excluding hydrogens is 282 g/mol. The van der Waals surface area contributed by atoms with Crippen molar-refractivity contribution in [2.45, 2.75) is 33.6 Å². The zero-order valence-electron chi connectivity index (χ0n) is 13.8. The third-order valence-electron chi connectivity index (χ3n) is 3.25. The molecule has 0 aromatic heterocycles. The molecule has 5 heteroatoms. The van der Waals surface area contributed by atoms with Crippen LogP contribution < -0.4 is 4.74 Å². The average molecular weight is 307 g/mol. The smallest absolute Gasteiger partial charge is 0.325 e. The highest BCUT2D eigenvalue weighted by Gasteiger charge is 2.16. The predicted octanol–water partition coefficient (Wildman–Crippen LogP) is 2.60. The SMILES string of the molecule is CCOC(=O)CN(CC)C(=O)COc1cccc(C(C)C)c1. The maximum Gasteiger partial charge on any atom is 0.325 e. The van der Waals surface area contributed by atoms with Crippen LogP contribution in [0.1, 0.15) is 39.2 Å². The molecule has 0 radical (unpaired) electrons. The quantitative estimate of drug-likeness (QED) is 0.693. The van der Waals surface area contributed by atoms with E-state index in [2.05, 4.69) is 13.8 Å². The summed E-state index contributed by atoms with van der Waals surface area (Å²) in [6.45, 7) is 8.37. The van der Waals surface area contributed by atoms with Crippen molar-refractivity contribution in [3.05, 3.63) is 29.8 Å². The van der Waals surface area contributed by atoms with Crippen molar-refractivity contribution < 1.29 is 19.1 Å². The number of carbonyl (C=O) groups excluding carboxylic acids is 2. The van der Waals surface area contributed by atoms with Crippen molar-refractivity contribution in [1.29, 1.82) is 0 Å². The van der Waals surface area contributed by atoms with Crippen LogP contribution in [0, 0.1) is 0 Å². The number of rotatable bonds is 8. The molecule has 0 aliphatic rings. The molecule has 0 unspecified atom stereocenters. The number of hydrogen-bond donors (Lipinski definition) is 0. The minimum absolute atomic E-state index is 0.0431. The fourth-order valence-electron chi connectivity index (χ4n) is 1.94. The normalized spacial score (nSPS) is 10.4. The van der Waals surface area contributed by atoms with Gasteiger partial charge >= 0.3 is 5.97 Å². The van der Waals surface area contributed by atoms with E-state index < -0.39 is 5.97 Å². The van der Waals surface area contributed by atoms with Gasteiger partial charge in [-0.3, -0.25) is 9.59 Å². The number of hydrogen-bond acceptors (Lipinski definition) is 4. The van der Waals surface area contributed by atoms with E-state index in [1.807, 2.05) is 31.2 Å². The van der Waals surface area contributed by atoms with Crippen LogP contribution in [-0.4, -0.2) is 43.1 Å². The lowest BCUT2D eigenvalue weighted by molar-refractivity contribution is -0.149. The van der Waals surface area contributed by atoms with Gasteiger partial charge in [0.05, 0.1) is 6.61 Å². The van der Waals surface area contributed by atoms with Crippen LogP contribution in [0.3, 0.4) is 0 Å². The summed E-state index contributed by atoms with van der Waals surface area (Å²) >= 11 is 0. The van der Waals surface area contributed by atoms with Gasteiger partial charge in [0.2, 0.25) is 0 Å². The maximum absolute atomic E-state index is 12.1. The summed E-state index contributed by atoms with van der Waals surface area (Å²) in [7, 11) is 0. The number of benzene rings is 1. The summed E-state index contributed by atoms with van der Waals surface area (Å²) in [5, 5.41) is 0. The maximum atomic E-state index is 12.1. The lowest BCUT2D eigenvalue weighted by atomic mass is 10.0. The van der Waals surface area contributed by atoms with Crippen LogP contribution in [0.25, 0.3) is 0 Å². The summed E-state index contributed by atoms with van der Waals surface area (Å²) in [4.78, 5) is 25.0. The number of amides is 1. The van der Waals surface area contributed by atoms with Gasteiger partial charge in [-0.1, -0.05) is 26.0 Å². The monoisotopic (exact) mass is 307 g/mol. The van der Waals surface area contributed by atoms with E-state index in [4.69, 9.17) is 9.47 Å².